The van der Waals surface area contributed by atoms with Crippen molar-refractivity contribution in [2.45, 2.75) is 56.4 Å². The van der Waals surface area contributed by atoms with Crippen molar-refractivity contribution in [1.82, 2.24) is 0 Å². The summed E-state index contributed by atoms with van der Waals surface area (Å²) in [4.78, 5) is 0. The second-order valence-electron chi connectivity index (χ2n) is 5.02. The summed E-state index contributed by atoms with van der Waals surface area (Å²) in [6, 6.07) is 0. The Hall–Kier alpha value is -0.460. The van der Waals surface area contributed by atoms with Gasteiger partial charge in [-0.25, -0.2) is 0 Å². The summed E-state index contributed by atoms with van der Waals surface area (Å²) in [6.45, 7) is 2.27. The van der Waals surface area contributed by atoms with E-state index in [0.717, 1.165) is 6.42 Å². The molecule has 1 fully saturated rings. The molecule has 2 aliphatic heterocycles. The van der Waals surface area contributed by atoms with Gasteiger partial charge in [-0.2, -0.15) is 0 Å². The molecule has 0 bridgehead atoms. The molecule has 6 atom stereocenters. The normalized spacial score (nSPS) is 45.5. The van der Waals surface area contributed by atoms with Crippen LogP contribution in [0, 0.1) is 0 Å². The summed E-state index contributed by atoms with van der Waals surface area (Å²) in [5.74, 6) is 0. The Morgan fingerprint density at radius 2 is 2.00 bits per heavy atom. The van der Waals surface area contributed by atoms with Crippen molar-refractivity contribution in [2.24, 2.45) is 0 Å². The van der Waals surface area contributed by atoms with Crippen LogP contribution in [0.25, 0.3) is 0 Å². The number of rotatable bonds is 3. The maximum atomic E-state index is 10.1. The van der Waals surface area contributed by atoms with Crippen molar-refractivity contribution in [1.29, 1.82) is 0 Å². The molecule has 0 aromatic carbocycles. The third-order valence-electron chi connectivity index (χ3n) is 3.89. The van der Waals surface area contributed by atoms with Crippen LogP contribution in [-0.4, -0.2) is 58.6 Å². The van der Waals surface area contributed by atoms with Gasteiger partial charge in [-0.1, -0.05) is 13.3 Å². The van der Waals surface area contributed by atoms with Gasteiger partial charge in [-0.15, -0.1) is 0 Å². The third-order valence-corrected chi connectivity index (χ3v) is 3.89. The lowest BCUT2D eigenvalue weighted by molar-refractivity contribution is -0.00843. The molecule has 0 aromatic rings. The first kappa shape index (κ1) is 11.6. The van der Waals surface area contributed by atoms with E-state index in [-0.39, 0.29) is 18.8 Å². The van der Waals surface area contributed by atoms with Gasteiger partial charge >= 0.3 is 0 Å². The SMILES string of the molecule is CCC[C@@H](O)[C@H]1OCC2=C1[C@@H](O)[C@H]1O[C@@H]1[C@H]2O. The van der Waals surface area contributed by atoms with E-state index in [1.165, 1.54) is 0 Å². The average Bonchev–Trinajstić information content (AvgIpc) is 2.98. The Balaban J connectivity index is 1.85. The van der Waals surface area contributed by atoms with Gasteiger partial charge in [0.15, 0.2) is 0 Å². The van der Waals surface area contributed by atoms with Crippen LogP contribution in [0.3, 0.4) is 0 Å². The molecule has 0 unspecified atom stereocenters. The van der Waals surface area contributed by atoms with Crippen LogP contribution in [0.1, 0.15) is 19.8 Å². The first-order valence-electron chi connectivity index (χ1n) is 6.19. The first-order chi connectivity index (χ1) is 8.15. The number of hydrogen-bond donors (Lipinski definition) is 3. The van der Waals surface area contributed by atoms with Gasteiger partial charge in [0.25, 0.3) is 0 Å². The fourth-order valence-electron chi connectivity index (χ4n) is 2.93. The highest BCUT2D eigenvalue weighted by Gasteiger charge is 2.58. The van der Waals surface area contributed by atoms with Crippen molar-refractivity contribution in [3.63, 3.8) is 0 Å². The van der Waals surface area contributed by atoms with E-state index in [2.05, 4.69) is 0 Å². The fraction of sp³-hybridized carbons (Fsp3) is 0.833. The minimum Gasteiger partial charge on any atom is -0.390 e. The Morgan fingerprint density at radius 3 is 2.71 bits per heavy atom. The van der Waals surface area contributed by atoms with E-state index in [0.29, 0.717) is 17.6 Å². The molecule has 3 N–H and O–H groups in total. The summed E-state index contributed by atoms with van der Waals surface area (Å²) in [7, 11) is 0. The van der Waals surface area contributed by atoms with E-state index >= 15 is 0 Å². The Bertz CT molecular complexity index is 353. The number of aliphatic hydroxyl groups is 3. The second kappa shape index (κ2) is 4.03. The molecule has 1 saturated heterocycles. The third kappa shape index (κ3) is 1.65. The predicted octanol–water partition coefficient (Wildman–Crippen LogP) is -0.654. The number of aliphatic hydroxyl groups excluding tert-OH is 3. The number of fused-ring (bicyclic) bond motifs is 1. The lowest BCUT2D eigenvalue weighted by atomic mass is 9.84. The standard InChI is InChI=1S/C12H18O5/c1-2-3-6(13)10-7-5(4-16-10)8(14)11-12(17-11)9(7)15/h6,8-15H,2-4H2,1H3/t6-,8+,9-,10-,11-,12-/m1/s1. The summed E-state index contributed by atoms with van der Waals surface area (Å²) in [5, 5.41) is 30.1. The van der Waals surface area contributed by atoms with Gasteiger partial charge in [0.1, 0.15) is 30.5 Å². The van der Waals surface area contributed by atoms with Crippen molar-refractivity contribution in [3.8, 4) is 0 Å². The number of epoxide rings is 1. The van der Waals surface area contributed by atoms with Gasteiger partial charge in [0, 0.05) is 0 Å². The zero-order valence-electron chi connectivity index (χ0n) is 9.74. The molecular weight excluding hydrogens is 224 g/mol. The number of ether oxygens (including phenoxy) is 2. The molecule has 0 spiro atoms. The van der Waals surface area contributed by atoms with Crippen molar-refractivity contribution >= 4 is 0 Å². The molecule has 5 nitrogen and oxygen atoms in total. The largest absolute Gasteiger partial charge is 0.390 e. The highest BCUT2D eigenvalue weighted by molar-refractivity contribution is 5.39. The van der Waals surface area contributed by atoms with E-state index in [1.54, 1.807) is 0 Å². The van der Waals surface area contributed by atoms with Crippen LogP contribution >= 0.6 is 0 Å². The topological polar surface area (TPSA) is 82.5 Å². The molecule has 3 aliphatic rings. The highest BCUT2D eigenvalue weighted by Crippen LogP contribution is 2.45. The quantitative estimate of drug-likeness (QED) is 0.452. The Morgan fingerprint density at radius 1 is 1.29 bits per heavy atom. The van der Waals surface area contributed by atoms with Gasteiger partial charge in [-0.3, -0.25) is 0 Å². The highest BCUT2D eigenvalue weighted by atomic mass is 16.6. The lowest BCUT2D eigenvalue weighted by Gasteiger charge is -2.26. The zero-order chi connectivity index (χ0) is 12.2. The van der Waals surface area contributed by atoms with Crippen LogP contribution < -0.4 is 0 Å². The maximum absolute atomic E-state index is 10.1. The predicted molar refractivity (Wildman–Crippen MR) is 58.4 cm³/mol. The van der Waals surface area contributed by atoms with Crippen LogP contribution in [0.15, 0.2) is 11.1 Å². The zero-order valence-corrected chi connectivity index (χ0v) is 9.74. The molecule has 0 aromatic heterocycles. The smallest absolute Gasteiger partial charge is 0.117 e. The van der Waals surface area contributed by atoms with Crippen molar-refractivity contribution < 1.29 is 24.8 Å². The van der Waals surface area contributed by atoms with Crippen LogP contribution in [0.2, 0.25) is 0 Å². The average molecular weight is 242 g/mol. The molecule has 96 valence electrons. The van der Waals surface area contributed by atoms with Crippen molar-refractivity contribution in [2.75, 3.05) is 6.61 Å². The van der Waals surface area contributed by atoms with Crippen molar-refractivity contribution in [3.05, 3.63) is 11.1 Å². The van der Waals surface area contributed by atoms with E-state index in [4.69, 9.17) is 9.47 Å². The first-order valence-corrected chi connectivity index (χ1v) is 6.19. The van der Waals surface area contributed by atoms with Gasteiger partial charge in [-0.05, 0) is 17.6 Å². The molecule has 17 heavy (non-hydrogen) atoms. The molecule has 0 radical (unpaired) electrons. The molecular formula is C12H18O5. The molecule has 1 aliphatic carbocycles. The minimum absolute atomic E-state index is 0.283. The monoisotopic (exact) mass is 242 g/mol. The summed E-state index contributed by atoms with van der Waals surface area (Å²) in [5.41, 5.74) is 1.36. The van der Waals surface area contributed by atoms with Gasteiger partial charge < -0.3 is 24.8 Å². The van der Waals surface area contributed by atoms with Crippen LogP contribution in [0.4, 0.5) is 0 Å². The second-order valence-corrected chi connectivity index (χ2v) is 5.02. The van der Waals surface area contributed by atoms with Crippen LogP contribution in [-0.2, 0) is 9.47 Å². The number of hydrogen-bond acceptors (Lipinski definition) is 5. The Labute approximate surface area is 99.7 Å². The molecule has 5 heteroatoms. The summed E-state index contributed by atoms with van der Waals surface area (Å²) >= 11 is 0. The van der Waals surface area contributed by atoms with E-state index < -0.39 is 24.4 Å². The van der Waals surface area contributed by atoms with E-state index in [9.17, 15) is 15.3 Å². The minimum atomic E-state index is -0.739. The van der Waals surface area contributed by atoms with Gasteiger partial charge in [0.05, 0.1) is 12.7 Å². The maximum Gasteiger partial charge on any atom is 0.117 e. The summed E-state index contributed by atoms with van der Waals surface area (Å²) in [6.07, 6.45) is -1.65. The molecule has 2 heterocycles. The molecule has 0 saturated carbocycles. The molecule has 0 amide bonds. The molecule has 3 rings (SSSR count). The van der Waals surface area contributed by atoms with E-state index in [1.807, 2.05) is 6.92 Å². The van der Waals surface area contributed by atoms with Crippen LogP contribution in [0.5, 0.6) is 0 Å². The van der Waals surface area contributed by atoms with Gasteiger partial charge in [0.2, 0.25) is 0 Å². The lowest BCUT2D eigenvalue weighted by Crippen LogP contribution is -2.39. The Kier molecular flexibility index (Phi) is 2.76. The fourth-order valence-corrected chi connectivity index (χ4v) is 2.93. The summed E-state index contributed by atoms with van der Waals surface area (Å²) < 4.78 is 10.8.